The van der Waals surface area contributed by atoms with Crippen LogP contribution >= 0.6 is 22.6 Å². The Labute approximate surface area is 66.0 Å². The van der Waals surface area contributed by atoms with Gasteiger partial charge in [-0.1, -0.05) is 0 Å². The largest absolute Gasteiger partial charge is 0.504 e. The lowest BCUT2D eigenvalue weighted by atomic mass is 10.4. The molecular weight excluding hydrogens is 231 g/mol. The molecule has 1 rings (SSSR count). The number of pyridine rings is 1. The molecule has 4 heteroatoms. The Morgan fingerprint density at radius 3 is 2.78 bits per heavy atom. The lowest BCUT2D eigenvalue weighted by Gasteiger charge is -1.96. The second-order valence-corrected chi connectivity index (χ2v) is 2.56. The molecule has 1 heterocycles. The van der Waals surface area contributed by atoms with Gasteiger partial charge in [0.1, 0.15) is 3.70 Å². The van der Waals surface area contributed by atoms with Crippen LogP contribution in [0.5, 0.6) is 5.75 Å². The molecule has 0 saturated heterocycles. The molecule has 0 radical (unpaired) electrons. The molecule has 0 spiro atoms. The fraction of sp³-hybridized carbons (Fsp3) is 0. The van der Waals surface area contributed by atoms with E-state index < -0.39 is 0 Å². The highest BCUT2D eigenvalue weighted by Gasteiger charge is 1.99. The average molecular weight is 236 g/mol. The van der Waals surface area contributed by atoms with E-state index in [1.807, 2.05) is 22.6 Å². The zero-order valence-corrected chi connectivity index (χ0v) is 6.66. The van der Waals surface area contributed by atoms with Crippen LogP contribution in [0.1, 0.15) is 0 Å². The van der Waals surface area contributed by atoms with Gasteiger partial charge in [-0.3, -0.25) is 0 Å². The highest BCUT2D eigenvalue weighted by molar-refractivity contribution is 14.1. The van der Waals surface area contributed by atoms with E-state index in [1.54, 1.807) is 12.3 Å². The summed E-state index contributed by atoms with van der Waals surface area (Å²) in [6, 6.07) is 1.55. The van der Waals surface area contributed by atoms with Crippen molar-refractivity contribution in [3.63, 3.8) is 0 Å². The van der Waals surface area contributed by atoms with E-state index in [0.29, 0.717) is 9.39 Å². The van der Waals surface area contributed by atoms with Gasteiger partial charge >= 0.3 is 0 Å². The summed E-state index contributed by atoms with van der Waals surface area (Å²) in [4.78, 5) is 3.80. The molecule has 0 aliphatic rings. The van der Waals surface area contributed by atoms with Crippen molar-refractivity contribution in [3.8, 4) is 5.75 Å². The predicted molar refractivity (Wildman–Crippen MR) is 43.0 cm³/mol. The number of nitrogens with zero attached hydrogens (tertiary/aromatic N) is 1. The Morgan fingerprint density at radius 1 is 1.67 bits per heavy atom. The van der Waals surface area contributed by atoms with E-state index >= 15 is 0 Å². The van der Waals surface area contributed by atoms with Crippen LogP contribution in [-0.4, -0.2) is 10.1 Å². The highest BCUT2D eigenvalue weighted by atomic mass is 127. The summed E-state index contributed by atoms with van der Waals surface area (Å²) in [7, 11) is 0. The van der Waals surface area contributed by atoms with Gasteiger partial charge in [-0.2, -0.15) is 0 Å². The number of anilines is 1. The van der Waals surface area contributed by atoms with Crippen molar-refractivity contribution < 1.29 is 5.11 Å². The van der Waals surface area contributed by atoms with Crippen LogP contribution in [0.25, 0.3) is 0 Å². The first-order valence-corrected chi connectivity index (χ1v) is 3.38. The van der Waals surface area contributed by atoms with Crippen molar-refractivity contribution in [1.82, 2.24) is 4.98 Å². The molecule has 9 heavy (non-hydrogen) atoms. The normalized spacial score (nSPS) is 9.44. The zero-order valence-electron chi connectivity index (χ0n) is 4.50. The number of halogens is 1. The van der Waals surface area contributed by atoms with E-state index in [-0.39, 0.29) is 5.75 Å². The van der Waals surface area contributed by atoms with Crippen LogP contribution in [0.3, 0.4) is 0 Å². The van der Waals surface area contributed by atoms with Crippen molar-refractivity contribution in [2.75, 3.05) is 5.73 Å². The van der Waals surface area contributed by atoms with Crippen LogP contribution < -0.4 is 5.73 Å². The summed E-state index contributed by atoms with van der Waals surface area (Å²) in [6.07, 6.45) is 1.55. The molecule has 0 saturated carbocycles. The van der Waals surface area contributed by atoms with Gasteiger partial charge < -0.3 is 10.8 Å². The Bertz CT molecular complexity index is 206. The lowest BCUT2D eigenvalue weighted by molar-refractivity contribution is 0.471. The summed E-state index contributed by atoms with van der Waals surface area (Å²) < 4.78 is 0.535. The SMILES string of the molecule is Nc1ccnc(I)c1O. The van der Waals surface area contributed by atoms with E-state index in [1.165, 1.54) is 0 Å². The first-order valence-electron chi connectivity index (χ1n) is 2.31. The highest BCUT2D eigenvalue weighted by Crippen LogP contribution is 2.22. The molecular formula is C5H5IN2O. The molecule has 0 unspecified atom stereocenters. The fourth-order valence-corrected chi connectivity index (χ4v) is 0.914. The van der Waals surface area contributed by atoms with Crippen LogP contribution in [0.15, 0.2) is 12.3 Å². The summed E-state index contributed by atoms with van der Waals surface area (Å²) in [6.45, 7) is 0. The number of aromatic nitrogens is 1. The fourth-order valence-electron chi connectivity index (χ4n) is 0.442. The van der Waals surface area contributed by atoms with Gasteiger partial charge in [0.15, 0.2) is 5.75 Å². The number of hydrogen-bond acceptors (Lipinski definition) is 3. The van der Waals surface area contributed by atoms with E-state index in [0.717, 1.165) is 0 Å². The number of nitrogens with two attached hydrogens (primary N) is 1. The number of rotatable bonds is 0. The molecule has 0 aliphatic heterocycles. The second kappa shape index (κ2) is 2.38. The van der Waals surface area contributed by atoms with Gasteiger partial charge in [-0.15, -0.1) is 0 Å². The van der Waals surface area contributed by atoms with Gasteiger partial charge in [-0.05, 0) is 28.7 Å². The standard InChI is InChI=1S/C5H5IN2O/c6-5-4(9)3(7)1-2-8-5/h1-2,9H,(H2,7,8). The van der Waals surface area contributed by atoms with Gasteiger partial charge in [-0.25, -0.2) is 4.98 Å². The molecule has 0 fully saturated rings. The van der Waals surface area contributed by atoms with Crippen molar-refractivity contribution >= 4 is 28.3 Å². The Morgan fingerprint density at radius 2 is 2.33 bits per heavy atom. The molecule has 1 aromatic heterocycles. The third-order valence-electron chi connectivity index (χ3n) is 0.911. The lowest BCUT2D eigenvalue weighted by Crippen LogP contribution is -1.88. The summed E-state index contributed by atoms with van der Waals surface area (Å²) >= 11 is 1.91. The maximum absolute atomic E-state index is 9.01. The van der Waals surface area contributed by atoms with Crippen molar-refractivity contribution in [1.29, 1.82) is 0 Å². The minimum atomic E-state index is 0.0677. The monoisotopic (exact) mass is 236 g/mol. The van der Waals surface area contributed by atoms with Crippen LogP contribution in [0, 0.1) is 3.70 Å². The van der Waals surface area contributed by atoms with Crippen molar-refractivity contribution in [3.05, 3.63) is 16.0 Å². The van der Waals surface area contributed by atoms with E-state index in [4.69, 9.17) is 10.8 Å². The average Bonchev–Trinajstić information content (AvgIpc) is 1.83. The molecule has 1 aromatic rings. The molecule has 0 atom stereocenters. The van der Waals surface area contributed by atoms with Gasteiger partial charge in [0.05, 0.1) is 5.69 Å². The van der Waals surface area contributed by atoms with E-state index in [2.05, 4.69) is 4.98 Å². The number of nitrogen functional groups attached to an aromatic ring is 1. The Kier molecular flexibility index (Phi) is 1.75. The third kappa shape index (κ3) is 1.24. The second-order valence-electron chi connectivity index (χ2n) is 1.54. The van der Waals surface area contributed by atoms with Crippen LogP contribution in [0.2, 0.25) is 0 Å². The minimum Gasteiger partial charge on any atom is -0.504 e. The van der Waals surface area contributed by atoms with Crippen LogP contribution in [0.4, 0.5) is 5.69 Å². The summed E-state index contributed by atoms with van der Waals surface area (Å²) in [5.41, 5.74) is 5.70. The predicted octanol–water partition coefficient (Wildman–Crippen LogP) is 0.974. The van der Waals surface area contributed by atoms with Crippen LogP contribution in [-0.2, 0) is 0 Å². The maximum atomic E-state index is 9.01. The van der Waals surface area contributed by atoms with Gasteiger partial charge in [0.2, 0.25) is 0 Å². The Hall–Kier alpha value is -0.520. The first-order chi connectivity index (χ1) is 4.22. The summed E-state index contributed by atoms with van der Waals surface area (Å²) in [5.74, 6) is 0.0677. The van der Waals surface area contributed by atoms with Crippen molar-refractivity contribution in [2.24, 2.45) is 0 Å². The molecule has 0 bridgehead atoms. The molecule has 0 aliphatic carbocycles. The molecule has 0 amide bonds. The number of aromatic hydroxyl groups is 1. The molecule has 3 N–H and O–H groups in total. The van der Waals surface area contributed by atoms with E-state index in [9.17, 15) is 0 Å². The smallest absolute Gasteiger partial charge is 0.170 e. The first kappa shape index (κ1) is 6.60. The quantitative estimate of drug-likeness (QED) is 0.521. The molecule has 3 nitrogen and oxygen atoms in total. The van der Waals surface area contributed by atoms with Gasteiger partial charge in [0, 0.05) is 6.20 Å². The summed E-state index contributed by atoms with van der Waals surface area (Å²) in [5, 5.41) is 9.01. The zero-order chi connectivity index (χ0) is 6.85. The Balaban J connectivity index is 3.25. The molecule has 0 aromatic carbocycles. The minimum absolute atomic E-state index is 0.0677. The molecule has 48 valence electrons. The maximum Gasteiger partial charge on any atom is 0.170 e. The number of hydrogen-bond donors (Lipinski definition) is 2. The topological polar surface area (TPSA) is 59.1 Å². The van der Waals surface area contributed by atoms with Crippen molar-refractivity contribution in [2.45, 2.75) is 0 Å². The van der Waals surface area contributed by atoms with Gasteiger partial charge in [0.25, 0.3) is 0 Å². The third-order valence-corrected chi connectivity index (χ3v) is 1.70.